The molecule has 0 aliphatic heterocycles. The Bertz CT molecular complexity index is 1010. The Morgan fingerprint density at radius 2 is 1.79 bits per heavy atom. The maximum atomic E-state index is 11.7. The largest absolute Gasteiger partial charge is 0.452 e. The third-order valence-electron chi connectivity index (χ3n) is 4.51. The molecule has 1 unspecified atom stereocenters. The smallest absolute Gasteiger partial charge is 0.333 e. The highest BCUT2D eigenvalue weighted by Gasteiger charge is 2.18. The molecule has 0 spiro atoms. The number of aliphatic hydroxyl groups excluding tert-OH is 1. The molecule has 146 valence electrons. The van der Waals surface area contributed by atoms with Crippen molar-refractivity contribution in [2.75, 3.05) is 6.61 Å². The van der Waals surface area contributed by atoms with Crippen LogP contribution in [0.3, 0.4) is 0 Å². The van der Waals surface area contributed by atoms with Crippen molar-refractivity contribution in [1.29, 1.82) is 0 Å². The van der Waals surface area contributed by atoms with Gasteiger partial charge in [0.15, 0.2) is 6.10 Å². The van der Waals surface area contributed by atoms with Crippen LogP contribution in [0.2, 0.25) is 0 Å². The molecule has 1 aromatic heterocycles. The zero-order valence-corrected chi connectivity index (χ0v) is 16.6. The molecule has 0 fully saturated rings. The molecule has 0 aliphatic carbocycles. The van der Waals surface area contributed by atoms with Crippen LogP contribution < -0.4 is 0 Å². The molecule has 0 bridgehead atoms. The minimum absolute atomic E-state index is 0.0418. The minimum Gasteiger partial charge on any atom is -0.452 e. The highest BCUT2D eigenvalue weighted by molar-refractivity contribution is 5.87. The number of nitrogens with zero attached hydrogens (tertiary/aromatic N) is 3. The van der Waals surface area contributed by atoms with E-state index in [4.69, 9.17) is 4.74 Å². The van der Waals surface area contributed by atoms with Crippen LogP contribution in [-0.2, 0) is 14.9 Å². The zero-order valence-electron chi connectivity index (χ0n) is 16.6. The summed E-state index contributed by atoms with van der Waals surface area (Å²) < 4.78 is 5.26. The van der Waals surface area contributed by atoms with Crippen molar-refractivity contribution < 1.29 is 14.6 Å². The van der Waals surface area contributed by atoms with Crippen LogP contribution >= 0.6 is 0 Å². The van der Waals surface area contributed by atoms with E-state index in [9.17, 15) is 9.90 Å². The van der Waals surface area contributed by atoms with E-state index in [2.05, 4.69) is 49.7 Å². The van der Waals surface area contributed by atoms with Gasteiger partial charge in [0, 0.05) is 5.57 Å². The maximum absolute atomic E-state index is 11.7. The van der Waals surface area contributed by atoms with Crippen LogP contribution in [0.4, 0.5) is 0 Å². The van der Waals surface area contributed by atoms with Crippen LogP contribution in [0.15, 0.2) is 54.6 Å². The van der Waals surface area contributed by atoms with Crippen molar-refractivity contribution in [2.45, 2.75) is 39.2 Å². The Kier molecular flexibility index (Phi) is 5.34. The predicted octanol–water partition coefficient (Wildman–Crippen LogP) is 3.87. The van der Waals surface area contributed by atoms with E-state index in [1.807, 2.05) is 18.2 Å². The summed E-state index contributed by atoms with van der Waals surface area (Å²) >= 11 is 0. The average molecular weight is 379 g/mol. The van der Waals surface area contributed by atoms with Crippen molar-refractivity contribution >= 4 is 17.0 Å². The Hall–Kier alpha value is -2.99. The second kappa shape index (κ2) is 7.56. The molecule has 3 aromatic rings. The second-order valence-corrected chi connectivity index (χ2v) is 7.89. The first kappa shape index (κ1) is 19.8. The topological polar surface area (TPSA) is 77.2 Å². The first-order valence-corrected chi connectivity index (χ1v) is 9.14. The molecule has 28 heavy (non-hydrogen) atoms. The van der Waals surface area contributed by atoms with Gasteiger partial charge >= 0.3 is 5.97 Å². The first-order chi connectivity index (χ1) is 13.2. The number of carbonyl (C=O) groups is 1. The van der Waals surface area contributed by atoms with E-state index in [0.29, 0.717) is 5.56 Å². The summed E-state index contributed by atoms with van der Waals surface area (Å²) in [4.78, 5) is 13.3. The van der Waals surface area contributed by atoms with Gasteiger partial charge in [0.05, 0.1) is 12.3 Å². The molecule has 0 saturated heterocycles. The number of aromatic nitrogens is 3. The van der Waals surface area contributed by atoms with Gasteiger partial charge in [-0.05, 0) is 47.7 Å². The summed E-state index contributed by atoms with van der Waals surface area (Å²) in [5, 5.41) is 18.7. The Labute approximate surface area is 164 Å². The van der Waals surface area contributed by atoms with Gasteiger partial charge in [-0.1, -0.05) is 45.5 Å². The fraction of sp³-hybridized carbons (Fsp3) is 0.318. The van der Waals surface area contributed by atoms with Crippen molar-refractivity contribution in [2.24, 2.45) is 0 Å². The third kappa shape index (κ3) is 4.12. The number of ether oxygens (including phenoxy) is 1. The summed E-state index contributed by atoms with van der Waals surface area (Å²) in [6, 6.07) is 13.4. The Morgan fingerprint density at radius 3 is 2.36 bits per heavy atom. The molecule has 0 saturated carbocycles. The van der Waals surface area contributed by atoms with E-state index in [1.165, 1.54) is 5.56 Å². The first-order valence-electron chi connectivity index (χ1n) is 9.14. The lowest BCUT2D eigenvalue weighted by Crippen LogP contribution is -2.15. The van der Waals surface area contributed by atoms with Crippen molar-refractivity contribution in [3.05, 3.63) is 65.7 Å². The fourth-order valence-electron chi connectivity index (χ4n) is 2.76. The molecule has 1 N–H and O–H groups in total. The quantitative estimate of drug-likeness (QED) is 0.538. The molecule has 1 heterocycles. The molecular formula is C22H25N3O3. The SMILES string of the molecule is C=C(C)C(=O)OC(CO)c1ccc(-n2nc3ccc(C(C)(C)C)cc3n2)cc1. The average Bonchev–Trinajstić information content (AvgIpc) is 3.08. The summed E-state index contributed by atoms with van der Waals surface area (Å²) in [5.41, 5.74) is 4.65. The van der Waals surface area contributed by atoms with Crippen LogP contribution in [0, 0.1) is 0 Å². The third-order valence-corrected chi connectivity index (χ3v) is 4.51. The number of hydrogen-bond donors (Lipinski definition) is 1. The Balaban J connectivity index is 1.86. The highest BCUT2D eigenvalue weighted by atomic mass is 16.6. The van der Waals surface area contributed by atoms with Crippen molar-refractivity contribution in [1.82, 2.24) is 15.0 Å². The highest BCUT2D eigenvalue weighted by Crippen LogP contribution is 2.25. The monoisotopic (exact) mass is 379 g/mol. The fourth-order valence-corrected chi connectivity index (χ4v) is 2.76. The minimum atomic E-state index is -0.739. The molecular weight excluding hydrogens is 354 g/mol. The number of hydrogen-bond acceptors (Lipinski definition) is 5. The van der Waals surface area contributed by atoms with Gasteiger partial charge in [-0.15, -0.1) is 10.2 Å². The van der Waals surface area contributed by atoms with Crippen molar-refractivity contribution in [3.63, 3.8) is 0 Å². The second-order valence-electron chi connectivity index (χ2n) is 7.89. The van der Waals surface area contributed by atoms with Crippen LogP contribution in [0.1, 0.15) is 44.9 Å². The number of rotatable bonds is 5. The maximum Gasteiger partial charge on any atom is 0.333 e. The molecule has 6 heteroatoms. The van der Waals surface area contributed by atoms with E-state index in [-0.39, 0.29) is 17.6 Å². The number of fused-ring (bicyclic) bond motifs is 1. The van der Waals surface area contributed by atoms with Crippen LogP contribution in [0.5, 0.6) is 0 Å². The number of benzene rings is 2. The number of esters is 1. The lowest BCUT2D eigenvalue weighted by Gasteiger charge is -2.18. The van der Waals surface area contributed by atoms with Crippen LogP contribution in [-0.4, -0.2) is 32.7 Å². The van der Waals surface area contributed by atoms with Gasteiger partial charge in [0.25, 0.3) is 0 Å². The molecule has 0 radical (unpaired) electrons. The van der Waals surface area contributed by atoms with Crippen LogP contribution in [0.25, 0.3) is 16.7 Å². The van der Waals surface area contributed by atoms with Gasteiger partial charge in [0.1, 0.15) is 11.0 Å². The molecule has 1 atom stereocenters. The van der Waals surface area contributed by atoms with Gasteiger partial charge in [-0.25, -0.2) is 4.79 Å². The molecule has 0 amide bonds. The lowest BCUT2D eigenvalue weighted by atomic mass is 9.87. The summed E-state index contributed by atoms with van der Waals surface area (Å²) in [6.07, 6.45) is -0.739. The Morgan fingerprint density at radius 1 is 1.14 bits per heavy atom. The van der Waals surface area contributed by atoms with Crippen molar-refractivity contribution in [3.8, 4) is 5.69 Å². The summed E-state index contributed by atoms with van der Waals surface area (Å²) in [6.45, 7) is 11.3. The predicted molar refractivity (Wildman–Crippen MR) is 108 cm³/mol. The van der Waals surface area contributed by atoms with E-state index < -0.39 is 12.1 Å². The lowest BCUT2D eigenvalue weighted by molar-refractivity contribution is -0.146. The molecule has 3 rings (SSSR count). The zero-order chi connectivity index (χ0) is 20.5. The number of aliphatic hydroxyl groups is 1. The summed E-state index contributed by atoms with van der Waals surface area (Å²) in [7, 11) is 0. The van der Waals surface area contributed by atoms with Gasteiger partial charge < -0.3 is 9.84 Å². The molecule has 2 aromatic carbocycles. The standard InChI is InChI=1S/C22H25N3O3/c1-14(2)21(27)28-20(13-26)15-6-9-17(10-7-15)25-23-18-11-8-16(22(3,4)5)12-19(18)24-25/h6-12,20,26H,1,13H2,2-5H3. The van der Waals surface area contributed by atoms with Gasteiger partial charge in [-0.3, -0.25) is 0 Å². The van der Waals surface area contributed by atoms with E-state index >= 15 is 0 Å². The molecule has 0 aliphatic rings. The summed E-state index contributed by atoms with van der Waals surface area (Å²) in [5.74, 6) is -0.530. The number of carbonyl (C=O) groups excluding carboxylic acids is 1. The normalized spacial score (nSPS) is 12.8. The van der Waals surface area contributed by atoms with E-state index in [0.717, 1.165) is 16.7 Å². The van der Waals surface area contributed by atoms with E-state index in [1.54, 1.807) is 23.9 Å². The van der Waals surface area contributed by atoms with Gasteiger partial charge in [-0.2, -0.15) is 4.80 Å². The van der Waals surface area contributed by atoms with Gasteiger partial charge in [0.2, 0.25) is 0 Å². The molecule has 6 nitrogen and oxygen atoms in total.